The smallest absolute Gasteiger partial charge is 0.154 e. The molecular formula is C15H19ClN2O2S. The molecule has 2 rings (SSSR count). The topological polar surface area (TPSA) is 62.8 Å². The summed E-state index contributed by atoms with van der Waals surface area (Å²) in [4.78, 5) is 6.99. The summed E-state index contributed by atoms with van der Waals surface area (Å²) >= 11 is 5.79. The summed E-state index contributed by atoms with van der Waals surface area (Å²) in [6.07, 6.45) is 6.95. The standard InChI is InChI=1S/C15H19ClN2O2S/c16-14-7-5-13(6-8-14)11-21(19,20)9-3-1-2-4-15-10-17-12-18-15/h5-8,10,12H,1-4,9,11H2,(H,17,18). The quantitative estimate of drug-likeness (QED) is 0.756. The molecule has 6 heteroatoms. The highest BCUT2D eigenvalue weighted by atomic mass is 35.5. The summed E-state index contributed by atoms with van der Waals surface area (Å²) in [5.74, 6) is 0.323. The predicted octanol–water partition coefficient (Wildman–Crippen LogP) is 3.39. The van der Waals surface area contributed by atoms with E-state index in [4.69, 9.17) is 11.6 Å². The summed E-state index contributed by atoms with van der Waals surface area (Å²) in [5, 5.41) is 0.620. The Bertz CT molecular complexity index is 637. The van der Waals surface area contributed by atoms with Crippen molar-refractivity contribution in [2.45, 2.75) is 31.4 Å². The van der Waals surface area contributed by atoms with Gasteiger partial charge >= 0.3 is 0 Å². The lowest BCUT2D eigenvalue weighted by Crippen LogP contribution is -2.09. The number of sulfone groups is 1. The molecule has 2 aromatic rings. The minimum Gasteiger partial charge on any atom is -0.348 e. The third-order valence-corrected chi connectivity index (χ3v) is 5.19. The van der Waals surface area contributed by atoms with Crippen LogP contribution in [0.5, 0.6) is 0 Å². The number of aryl methyl sites for hydroxylation is 1. The van der Waals surface area contributed by atoms with Crippen molar-refractivity contribution in [3.05, 3.63) is 53.1 Å². The van der Waals surface area contributed by atoms with Gasteiger partial charge in [-0.25, -0.2) is 13.4 Å². The summed E-state index contributed by atoms with van der Waals surface area (Å²) in [6.45, 7) is 0. The van der Waals surface area contributed by atoms with Crippen molar-refractivity contribution in [1.82, 2.24) is 9.97 Å². The van der Waals surface area contributed by atoms with Crippen LogP contribution in [0.4, 0.5) is 0 Å². The lowest BCUT2D eigenvalue weighted by Gasteiger charge is -2.05. The molecule has 1 aromatic heterocycles. The first kappa shape index (κ1) is 16.0. The molecule has 114 valence electrons. The Morgan fingerprint density at radius 3 is 2.52 bits per heavy atom. The van der Waals surface area contributed by atoms with Crippen LogP contribution >= 0.6 is 11.6 Å². The van der Waals surface area contributed by atoms with Gasteiger partial charge in [0.1, 0.15) is 0 Å². The Balaban J connectivity index is 1.70. The van der Waals surface area contributed by atoms with E-state index >= 15 is 0 Å². The van der Waals surface area contributed by atoms with E-state index in [1.165, 1.54) is 0 Å². The van der Waals surface area contributed by atoms with Crippen molar-refractivity contribution in [1.29, 1.82) is 0 Å². The maximum absolute atomic E-state index is 12.0. The van der Waals surface area contributed by atoms with E-state index in [-0.39, 0.29) is 11.5 Å². The van der Waals surface area contributed by atoms with E-state index in [9.17, 15) is 8.42 Å². The number of unbranched alkanes of at least 4 members (excludes halogenated alkanes) is 2. The Kier molecular flexibility index (Phi) is 5.82. The van der Waals surface area contributed by atoms with Crippen LogP contribution in [-0.4, -0.2) is 24.1 Å². The first-order valence-electron chi connectivity index (χ1n) is 6.97. The fourth-order valence-corrected chi connectivity index (χ4v) is 3.76. The van der Waals surface area contributed by atoms with E-state index < -0.39 is 9.84 Å². The highest BCUT2D eigenvalue weighted by Crippen LogP contribution is 2.13. The largest absolute Gasteiger partial charge is 0.348 e. The molecule has 0 saturated heterocycles. The number of aromatic nitrogens is 2. The number of imidazole rings is 1. The van der Waals surface area contributed by atoms with E-state index in [2.05, 4.69) is 9.97 Å². The molecule has 0 aliphatic carbocycles. The SMILES string of the molecule is O=S(=O)(CCCCCc1cnc[nH]1)Cc1ccc(Cl)cc1. The lowest BCUT2D eigenvalue weighted by molar-refractivity contribution is 0.588. The Labute approximate surface area is 130 Å². The molecule has 0 fully saturated rings. The molecular weight excluding hydrogens is 308 g/mol. The van der Waals surface area contributed by atoms with Crippen molar-refractivity contribution in [3.8, 4) is 0 Å². The summed E-state index contributed by atoms with van der Waals surface area (Å²) < 4.78 is 24.1. The monoisotopic (exact) mass is 326 g/mol. The zero-order valence-corrected chi connectivity index (χ0v) is 13.3. The van der Waals surface area contributed by atoms with Gasteiger partial charge in [-0.05, 0) is 37.0 Å². The summed E-state index contributed by atoms with van der Waals surface area (Å²) in [7, 11) is -3.04. The predicted molar refractivity (Wildman–Crippen MR) is 85.1 cm³/mol. The number of halogens is 1. The maximum Gasteiger partial charge on any atom is 0.154 e. The minimum absolute atomic E-state index is 0.0880. The molecule has 0 atom stereocenters. The molecule has 0 bridgehead atoms. The zero-order valence-electron chi connectivity index (χ0n) is 11.8. The average molecular weight is 327 g/mol. The highest BCUT2D eigenvalue weighted by Gasteiger charge is 2.11. The number of nitrogens with one attached hydrogen (secondary N) is 1. The van der Waals surface area contributed by atoms with Crippen LogP contribution in [0, 0.1) is 0 Å². The summed E-state index contributed by atoms with van der Waals surface area (Å²) in [6, 6.07) is 6.96. The maximum atomic E-state index is 12.0. The van der Waals surface area contributed by atoms with Crippen LogP contribution in [0.25, 0.3) is 0 Å². The van der Waals surface area contributed by atoms with Gasteiger partial charge in [0.15, 0.2) is 9.84 Å². The second-order valence-corrected chi connectivity index (χ2v) is 7.73. The highest BCUT2D eigenvalue weighted by molar-refractivity contribution is 7.90. The van der Waals surface area contributed by atoms with E-state index in [0.29, 0.717) is 11.4 Å². The van der Waals surface area contributed by atoms with Crippen molar-refractivity contribution in [3.63, 3.8) is 0 Å². The molecule has 0 saturated carbocycles. The van der Waals surface area contributed by atoms with Gasteiger partial charge in [0, 0.05) is 16.9 Å². The van der Waals surface area contributed by atoms with Gasteiger partial charge in [0.25, 0.3) is 0 Å². The molecule has 1 aromatic carbocycles. The number of benzene rings is 1. The van der Waals surface area contributed by atoms with Crippen LogP contribution in [0.1, 0.15) is 30.5 Å². The number of H-pyrrole nitrogens is 1. The first-order valence-corrected chi connectivity index (χ1v) is 9.17. The van der Waals surface area contributed by atoms with Crippen LogP contribution in [0.3, 0.4) is 0 Å². The number of hydrogen-bond donors (Lipinski definition) is 1. The molecule has 0 radical (unpaired) electrons. The molecule has 0 unspecified atom stereocenters. The zero-order chi connectivity index (χ0) is 15.1. The molecule has 0 aliphatic rings. The lowest BCUT2D eigenvalue weighted by atomic mass is 10.2. The van der Waals surface area contributed by atoms with Crippen LogP contribution < -0.4 is 0 Å². The normalized spacial score (nSPS) is 11.7. The van der Waals surface area contributed by atoms with Crippen LogP contribution in [-0.2, 0) is 22.0 Å². The Morgan fingerprint density at radius 1 is 1.10 bits per heavy atom. The second-order valence-electron chi connectivity index (χ2n) is 5.11. The molecule has 0 spiro atoms. The van der Waals surface area contributed by atoms with E-state index in [0.717, 1.165) is 30.5 Å². The first-order chi connectivity index (χ1) is 10.1. The number of aromatic amines is 1. The van der Waals surface area contributed by atoms with Gasteiger partial charge < -0.3 is 4.98 Å². The second kappa shape index (κ2) is 7.61. The Hall–Kier alpha value is -1.33. The van der Waals surface area contributed by atoms with Crippen LogP contribution in [0.2, 0.25) is 5.02 Å². The van der Waals surface area contributed by atoms with Gasteiger partial charge in [0.2, 0.25) is 0 Å². The van der Waals surface area contributed by atoms with Crippen molar-refractivity contribution >= 4 is 21.4 Å². The third-order valence-electron chi connectivity index (χ3n) is 3.26. The van der Waals surface area contributed by atoms with Gasteiger partial charge in [-0.1, -0.05) is 30.2 Å². The molecule has 0 aliphatic heterocycles. The molecule has 21 heavy (non-hydrogen) atoms. The van der Waals surface area contributed by atoms with Gasteiger partial charge in [-0.15, -0.1) is 0 Å². The third kappa shape index (κ3) is 5.89. The number of rotatable bonds is 8. The fourth-order valence-electron chi connectivity index (χ4n) is 2.14. The molecule has 1 N–H and O–H groups in total. The fraction of sp³-hybridized carbons (Fsp3) is 0.400. The molecule has 0 amide bonds. The number of nitrogens with zero attached hydrogens (tertiary/aromatic N) is 1. The number of hydrogen-bond acceptors (Lipinski definition) is 3. The van der Waals surface area contributed by atoms with Gasteiger partial charge in [-0.2, -0.15) is 0 Å². The van der Waals surface area contributed by atoms with E-state index in [1.807, 2.05) is 0 Å². The molecule has 4 nitrogen and oxygen atoms in total. The summed E-state index contributed by atoms with van der Waals surface area (Å²) in [5.41, 5.74) is 1.89. The minimum atomic E-state index is -3.04. The van der Waals surface area contributed by atoms with Gasteiger partial charge in [0.05, 0.1) is 17.8 Å². The van der Waals surface area contributed by atoms with Crippen molar-refractivity contribution < 1.29 is 8.42 Å². The van der Waals surface area contributed by atoms with Crippen molar-refractivity contribution in [2.24, 2.45) is 0 Å². The van der Waals surface area contributed by atoms with Crippen molar-refractivity contribution in [2.75, 3.05) is 5.75 Å². The average Bonchev–Trinajstić information content (AvgIpc) is 2.94. The van der Waals surface area contributed by atoms with Gasteiger partial charge in [-0.3, -0.25) is 0 Å². The molecule has 1 heterocycles. The Morgan fingerprint density at radius 2 is 1.86 bits per heavy atom. The van der Waals surface area contributed by atoms with E-state index in [1.54, 1.807) is 36.8 Å². The van der Waals surface area contributed by atoms with Crippen LogP contribution in [0.15, 0.2) is 36.8 Å².